The molecule has 1 aromatic heterocycles. The van der Waals surface area contributed by atoms with Crippen LogP contribution in [0.4, 0.5) is 0 Å². The zero-order valence-electron chi connectivity index (χ0n) is 16.1. The van der Waals surface area contributed by atoms with Crippen molar-refractivity contribution in [1.29, 1.82) is 0 Å². The highest BCUT2D eigenvalue weighted by molar-refractivity contribution is 6.42. The zero-order chi connectivity index (χ0) is 20.5. The molecule has 0 atom stereocenters. The summed E-state index contributed by atoms with van der Waals surface area (Å²) < 4.78 is 8.28. The number of nitrogens with zero attached hydrogens (tertiary/aromatic N) is 2. The van der Waals surface area contributed by atoms with Gasteiger partial charge >= 0.3 is 0 Å². The molecule has 0 fully saturated rings. The van der Waals surface area contributed by atoms with Crippen molar-refractivity contribution < 1.29 is 4.74 Å². The number of hydrogen-bond acceptors (Lipinski definition) is 2. The van der Waals surface area contributed by atoms with Gasteiger partial charge in [0.1, 0.15) is 18.2 Å². The second kappa shape index (κ2) is 8.02. The van der Waals surface area contributed by atoms with Crippen LogP contribution in [0.2, 0.25) is 10.0 Å². The van der Waals surface area contributed by atoms with Crippen molar-refractivity contribution in [1.82, 2.24) is 9.55 Å². The van der Waals surface area contributed by atoms with E-state index in [-0.39, 0.29) is 0 Å². The highest BCUT2D eigenvalue weighted by Crippen LogP contribution is 2.26. The van der Waals surface area contributed by atoms with Crippen LogP contribution in [-0.2, 0) is 13.2 Å². The van der Waals surface area contributed by atoms with E-state index < -0.39 is 0 Å². The fraction of sp³-hybridized carbons (Fsp3) is 0.0800. The van der Waals surface area contributed by atoms with Crippen LogP contribution in [0.3, 0.4) is 0 Å². The van der Waals surface area contributed by atoms with Crippen LogP contribution in [0.5, 0.6) is 5.75 Å². The van der Waals surface area contributed by atoms with Gasteiger partial charge in [-0.15, -0.1) is 0 Å². The molecule has 0 saturated heterocycles. The van der Waals surface area contributed by atoms with Crippen LogP contribution in [0.15, 0.2) is 84.9 Å². The van der Waals surface area contributed by atoms with E-state index in [2.05, 4.69) is 34.9 Å². The Morgan fingerprint density at radius 1 is 0.767 bits per heavy atom. The maximum Gasteiger partial charge on any atom is 0.148 e. The summed E-state index contributed by atoms with van der Waals surface area (Å²) in [5.74, 6) is 1.68. The van der Waals surface area contributed by atoms with Crippen LogP contribution in [-0.4, -0.2) is 9.55 Å². The number of ether oxygens (including phenoxy) is 1. The summed E-state index contributed by atoms with van der Waals surface area (Å²) in [6.45, 7) is 1.00. The highest BCUT2D eigenvalue weighted by atomic mass is 35.5. The number of aromatic nitrogens is 2. The Morgan fingerprint density at radius 3 is 2.43 bits per heavy atom. The maximum absolute atomic E-state index is 6.22. The van der Waals surface area contributed by atoms with Crippen molar-refractivity contribution in [2.75, 3.05) is 0 Å². The number of halogens is 2. The number of hydrogen-bond donors (Lipinski definition) is 0. The predicted molar refractivity (Wildman–Crippen MR) is 124 cm³/mol. The van der Waals surface area contributed by atoms with Gasteiger partial charge in [-0.3, -0.25) is 0 Å². The van der Waals surface area contributed by atoms with E-state index in [1.807, 2.05) is 54.6 Å². The van der Waals surface area contributed by atoms with E-state index in [1.54, 1.807) is 0 Å². The Balaban J connectivity index is 1.47. The molecule has 3 nitrogen and oxygen atoms in total. The fourth-order valence-corrected chi connectivity index (χ4v) is 3.96. The SMILES string of the molecule is Clc1ccc(Cn2c(COc3ccc4ccccc4c3)nc3ccccc32)cc1Cl. The first-order chi connectivity index (χ1) is 14.7. The van der Waals surface area contributed by atoms with Gasteiger partial charge in [0.25, 0.3) is 0 Å². The van der Waals surface area contributed by atoms with Crippen molar-refractivity contribution >= 4 is 45.0 Å². The molecule has 30 heavy (non-hydrogen) atoms. The molecular weight excluding hydrogens is 415 g/mol. The largest absolute Gasteiger partial charge is 0.486 e. The lowest BCUT2D eigenvalue weighted by Crippen LogP contribution is -2.08. The highest BCUT2D eigenvalue weighted by Gasteiger charge is 2.12. The van der Waals surface area contributed by atoms with Gasteiger partial charge in [-0.1, -0.05) is 71.7 Å². The molecule has 5 heteroatoms. The average Bonchev–Trinajstić information content (AvgIpc) is 3.12. The summed E-state index contributed by atoms with van der Waals surface area (Å²) in [4.78, 5) is 4.81. The molecule has 0 spiro atoms. The van der Waals surface area contributed by atoms with Gasteiger partial charge in [-0.05, 0) is 52.7 Å². The molecular formula is C25H18Cl2N2O. The first-order valence-electron chi connectivity index (χ1n) is 9.67. The van der Waals surface area contributed by atoms with Crippen LogP contribution in [0.1, 0.15) is 11.4 Å². The first kappa shape index (κ1) is 19.0. The summed E-state index contributed by atoms with van der Waals surface area (Å²) in [5, 5.41) is 3.44. The minimum absolute atomic E-state index is 0.369. The summed E-state index contributed by atoms with van der Waals surface area (Å²) in [6, 6.07) is 28.2. The summed E-state index contributed by atoms with van der Waals surface area (Å²) in [7, 11) is 0. The Morgan fingerprint density at radius 2 is 1.57 bits per heavy atom. The molecule has 5 aromatic rings. The molecule has 0 unspecified atom stereocenters. The Kier molecular flexibility index (Phi) is 5.07. The zero-order valence-corrected chi connectivity index (χ0v) is 17.6. The lowest BCUT2D eigenvalue weighted by Gasteiger charge is -2.12. The standard InChI is InChI=1S/C25H18Cl2N2O/c26-21-12-9-17(13-22(21)27)15-29-24-8-4-3-7-23(24)28-25(29)16-30-20-11-10-18-5-1-2-6-19(18)14-20/h1-14H,15-16H2. The van der Waals surface area contributed by atoms with Crippen molar-refractivity contribution in [3.05, 3.63) is 106 Å². The van der Waals surface area contributed by atoms with Crippen molar-refractivity contribution in [2.45, 2.75) is 13.2 Å². The Bertz CT molecular complexity index is 1360. The van der Waals surface area contributed by atoms with E-state index in [9.17, 15) is 0 Å². The molecule has 1 heterocycles. The van der Waals surface area contributed by atoms with Crippen molar-refractivity contribution in [3.8, 4) is 5.75 Å². The van der Waals surface area contributed by atoms with Gasteiger partial charge in [-0.2, -0.15) is 0 Å². The molecule has 4 aromatic carbocycles. The maximum atomic E-state index is 6.22. The number of rotatable bonds is 5. The molecule has 0 bridgehead atoms. The molecule has 0 aliphatic carbocycles. The van der Waals surface area contributed by atoms with Gasteiger partial charge in [0.05, 0.1) is 21.1 Å². The lowest BCUT2D eigenvalue weighted by molar-refractivity contribution is 0.291. The van der Waals surface area contributed by atoms with E-state index >= 15 is 0 Å². The number of para-hydroxylation sites is 2. The number of fused-ring (bicyclic) bond motifs is 2. The lowest BCUT2D eigenvalue weighted by atomic mass is 10.1. The number of benzene rings is 4. The quantitative estimate of drug-likeness (QED) is 0.295. The molecule has 0 N–H and O–H groups in total. The van der Waals surface area contributed by atoms with Gasteiger partial charge in [0.2, 0.25) is 0 Å². The topological polar surface area (TPSA) is 27.1 Å². The average molecular weight is 433 g/mol. The summed E-state index contributed by atoms with van der Waals surface area (Å²) in [6.07, 6.45) is 0. The molecule has 0 saturated carbocycles. The predicted octanol–water partition coefficient (Wildman–Crippen LogP) is 7.12. The van der Waals surface area contributed by atoms with Gasteiger partial charge < -0.3 is 9.30 Å². The second-order valence-corrected chi connectivity index (χ2v) is 7.96. The first-order valence-corrected chi connectivity index (χ1v) is 10.4. The van der Waals surface area contributed by atoms with Crippen molar-refractivity contribution in [3.63, 3.8) is 0 Å². The van der Waals surface area contributed by atoms with E-state index in [0.717, 1.165) is 33.6 Å². The van der Waals surface area contributed by atoms with E-state index in [1.165, 1.54) is 5.39 Å². The monoisotopic (exact) mass is 432 g/mol. The molecule has 0 amide bonds. The molecule has 5 rings (SSSR count). The minimum Gasteiger partial charge on any atom is -0.486 e. The minimum atomic E-state index is 0.369. The normalized spacial score (nSPS) is 11.3. The Labute approximate surface area is 184 Å². The smallest absolute Gasteiger partial charge is 0.148 e. The van der Waals surface area contributed by atoms with Crippen LogP contribution < -0.4 is 4.74 Å². The second-order valence-electron chi connectivity index (χ2n) is 7.15. The van der Waals surface area contributed by atoms with Crippen LogP contribution in [0.25, 0.3) is 21.8 Å². The van der Waals surface area contributed by atoms with E-state index in [4.69, 9.17) is 32.9 Å². The number of imidazole rings is 1. The molecule has 148 valence electrons. The van der Waals surface area contributed by atoms with E-state index in [0.29, 0.717) is 23.2 Å². The third-order valence-corrected chi connectivity index (χ3v) is 5.89. The van der Waals surface area contributed by atoms with Crippen molar-refractivity contribution in [2.24, 2.45) is 0 Å². The van der Waals surface area contributed by atoms with Gasteiger partial charge in [0, 0.05) is 6.54 Å². The molecule has 0 radical (unpaired) electrons. The van der Waals surface area contributed by atoms with Gasteiger partial charge in [-0.25, -0.2) is 4.98 Å². The van der Waals surface area contributed by atoms with Crippen LogP contribution in [0, 0.1) is 0 Å². The summed E-state index contributed by atoms with van der Waals surface area (Å²) in [5.41, 5.74) is 3.05. The Hall–Kier alpha value is -3.01. The third-order valence-electron chi connectivity index (χ3n) is 5.15. The summed E-state index contributed by atoms with van der Waals surface area (Å²) >= 11 is 12.3. The van der Waals surface area contributed by atoms with Crippen LogP contribution >= 0.6 is 23.2 Å². The fourth-order valence-electron chi connectivity index (χ4n) is 3.64. The molecule has 0 aliphatic heterocycles. The molecule has 0 aliphatic rings. The van der Waals surface area contributed by atoms with Gasteiger partial charge in [0.15, 0.2) is 0 Å². The third kappa shape index (κ3) is 3.74.